The second kappa shape index (κ2) is 22.5. The molecule has 13 nitrogen and oxygen atoms in total. The van der Waals surface area contributed by atoms with Gasteiger partial charge in [-0.2, -0.15) is 4.31 Å². The van der Waals surface area contributed by atoms with Crippen LogP contribution < -0.4 is 129 Å². The van der Waals surface area contributed by atoms with Gasteiger partial charge in [0.15, 0.2) is 0 Å². The fraction of sp³-hybridized carbons (Fsp3) is 0.357. The number of aromatic nitrogens is 1. The van der Waals surface area contributed by atoms with E-state index in [1.165, 1.54) is 40.7 Å². The first kappa shape index (κ1) is 48.3. The molecule has 1 aliphatic carbocycles. The van der Waals surface area contributed by atoms with E-state index < -0.39 is 39.7 Å². The number of nitrogens with one attached hydrogen (secondary N) is 2. The number of aromatic carboxylic acids is 1. The molecule has 58 heavy (non-hydrogen) atoms. The number of nitrogens with zero attached hydrogens (tertiary/aromatic N) is 3. The van der Waals surface area contributed by atoms with Crippen molar-refractivity contribution >= 4 is 51.0 Å². The fourth-order valence-corrected chi connectivity index (χ4v) is 9.20. The van der Waals surface area contributed by atoms with E-state index in [4.69, 9.17) is 0 Å². The Balaban J connectivity index is 0.00000372. The Morgan fingerprint density at radius 2 is 1.45 bits per heavy atom. The van der Waals surface area contributed by atoms with Crippen LogP contribution in [0, 0.1) is 5.92 Å². The second-order valence-corrected chi connectivity index (χ2v) is 16.2. The number of sulfonamides is 1. The summed E-state index contributed by atoms with van der Waals surface area (Å²) in [6.45, 7) is 3.59. The summed E-state index contributed by atoms with van der Waals surface area (Å²) in [7, 11) is -4.03. The van der Waals surface area contributed by atoms with Crippen LogP contribution in [0.4, 0.5) is 17.2 Å². The Morgan fingerprint density at radius 1 is 0.776 bits per heavy atom. The van der Waals surface area contributed by atoms with Crippen LogP contribution in [0.3, 0.4) is 0 Å². The van der Waals surface area contributed by atoms with Crippen molar-refractivity contribution in [2.24, 2.45) is 5.92 Å². The Kier molecular flexibility index (Phi) is 18.7. The predicted octanol–water partition coefficient (Wildman–Crippen LogP) is -1.95. The topological polar surface area (TPSA) is 192 Å². The maximum atomic E-state index is 13.9. The molecule has 1 aromatic heterocycles. The number of carboxylic acid groups (broad SMARTS) is 2. The number of aliphatic carboxylic acids is 1. The van der Waals surface area contributed by atoms with Gasteiger partial charge in [-0.1, -0.05) is 43.3 Å². The molecule has 1 saturated heterocycles. The van der Waals surface area contributed by atoms with Crippen molar-refractivity contribution in [2.75, 3.05) is 35.2 Å². The summed E-state index contributed by atoms with van der Waals surface area (Å²) < 4.78 is 29.1. The van der Waals surface area contributed by atoms with E-state index in [0.29, 0.717) is 44.3 Å². The molecule has 1 aliphatic heterocycles. The maximum absolute atomic E-state index is 13.9. The molecule has 2 aliphatic rings. The van der Waals surface area contributed by atoms with Gasteiger partial charge in [0.2, 0.25) is 10.0 Å². The number of carbonyl (C=O) groups excluding carboxylic acids is 4. The molecule has 6 rings (SSSR count). The summed E-state index contributed by atoms with van der Waals surface area (Å²) in [6.07, 6.45) is 7.61. The van der Waals surface area contributed by atoms with Gasteiger partial charge in [-0.3, -0.25) is 9.59 Å². The van der Waals surface area contributed by atoms with Crippen molar-refractivity contribution < 1.29 is 141 Å². The van der Waals surface area contributed by atoms with Crippen LogP contribution in [-0.2, 0) is 27.7 Å². The number of benzene rings is 3. The Labute approximate surface area is 424 Å². The summed E-state index contributed by atoms with van der Waals surface area (Å²) in [6, 6.07) is 20.7. The molecule has 2 fully saturated rings. The molecule has 0 atom stereocenters. The van der Waals surface area contributed by atoms with Crippen LogP contribution in [0.15, 0.2) is 90.0 Å². The number of piperidine rings is 1. The molecule has 2 amide bonds. The standard InChI is InChI=1S/C42H47N5O8S.2K/c1-2-47(33-18-16-31(17-19-33)42(52)53)56(54,55)35-8-6-7-32(25-35)39(48)44-37-21-20-34(46-23-4-3-5-24-46)26-36(37)40(49)45-38-22-13-29(27-43-38)10-9-28-11-14-30(15-12-28)41(50)51;;/h6-8,11-15,20-22,25-27,31,33H,2-5,9-10,16-19,23-24H2,1H3,(H,44,48)(H,50,51)(H,52,53)(H,43,45,49);;/q;2*+1/p-2/t31-,33-;;. The molecule has 0 bridgehead atoms. The third-order valence-corrected chi connectivity index (χ3v) is 12.7. The summed E-state index contributed by atoms with van der Waals surface area (Å²) in [5.74, 6) is -3.71. The van der Waals surface area contributed by atoms with Gasteiger partial charge in [-0.15, -0.1) is 0 Å². The molecular formula is C42H45K2N5O8S. The Morgan fingerprint density at radius 3 is 2.07 bits per heavy atom. The van der Waals surface area contributed by atoms with E-state index in [0.717, 1.165) is 49.2 Å². The van der Waals surface area contributed by atoms with E-state index in [-0.39, 0.29) is 143 Å². The van der Waals surface area contributed by atoms with E-state index >= 15 is 0 Å². The van der Waals surface area contributed by atoms with Crippen molar-refractivity contribution in [1.82, 2.24) is 9.29 Å². The van der Waals surface area contributed by atoms with Gasteiger partial charge in [0, 0.05) is 49.1 Å². The molecular weight excluding hydrogens is 813 g/mol. The number of hydrogen-bond donors (Lipinski definition) is 2. The summed E-state index contributed by atoms with van der Waals surface area (Å²) >= 11 is 0. The van der Waals surface area contributed by atoms with Crippen LogP contribution in [0.2, 0.25) is 0 Å². The van der Waals surface area contributed by atoms with Gasteiger partial charge in [-0.25, -0.2) is 13.4 Å². The number of aryl methyl sites for hydroxylation is 2. The molecule has 0 radical (unpaired) electrons. The zero-order chi connectivity index (χ0) is 39.8. The minimum atomic E-state index is -4.03. The van der Waals surface area contributed by atoms with Crippen LogP contribution in [0.5, 0.6) is 0 Å². The average Bonchev–Trinajstić information content (AvgIpc) is 3.21. The van der Waals surface area contributed by atoms with E-state index in [1.807, 2.05) is 12.1 Å². The summed E-state index contributed by atoms with van der Waals surface area (Å²) in [5.41, 5.74) is 3.37. The van der Waals surface area contributed by atoms with Gasteiger partial charge in [-0.05, 0) is 123 Å². The number of hydrogen-bond acceptors (Lipinski definition) is 10. The molecule has 16 heteroatoms. The van der Waals surface area contributed by atoms with Gasteiger partial charge < -0.3 is 35.3 Å². The molecule has 1 saturated carbocycles. The molecule has 0 spiro atoms. The Hall–Kier alpha value is -2.33. The molecule has 4 aromatic rings. The first-order valence-electron chi connectivity index (χ1n) is 19.0. The first-order chi connectivity index (χ1) is 26.9. The fourth-order valence-electron chi connectivity index (χ4n) is 7.46. The van der Waals surface area contributed by atoms with Crippen molar-refractivity contribution in [1.29, 1.82) is 0 Å². The normalized spacial score (nSPS) is 16.7. The monoisotopic (exact) mass is 857 g/mol. The quantitative estimate of drug-likeness (QED) is 0.135. The molecule has 2 N–H and O–H groups in total. The number of carbonyl (C=O) groups is 4. The van der Waals surface area contributed by atoms with Crippen LogP contribution in [0.1, 0.15) is 94.1 Å². The van der Waals surface area contributed by atoms with Gasteiger partial charge in [0.05, 0.1) is 22.1 Å². The number of pyridine rings is 1. The summed E-state index contributed by atoms with van der Waals surface area (Å²) in [4.78, 5) is 56.6. The molecule has 294 valence electrons. The van der Waals surface area contributed by atoms with Crippen molar-refractivity contribution in [3.8, 4) is 0 Å². The second-order valence-electron chi connectivity index (χ2n) is 14.3. The minimum Gasteiger partial charge on any atom is -0.550 e. The van der Waals surface area contributed by atoms with Crippen LogP contribution in [-0.4, -0.2) is 67.1 Å². The zero-order valence-electron chi connectivity index (χ0n) is 33.2. The minimum absolute atomic E-state index is 0. The van der Waals surface area contributed by atoms with E-state index in [1.54, 1.807) is 43.5 Å². The van der Waals surface area contributed by atoms with Gasteiger partial charge in [0.1, 0.15) is 5.82 Å². The van der Waals surface area contributed by atoms with E-state index in [9.17, 15) is 37.8 Å². The van der Waals surface area contributed by atoms with Crippen molar-refractivity contribution in [2.45, 2.75) is 75.6 Å². The molecule has 3 aromatic carbocycles. The number of rotatable bonds is 14. The van der Waals surface area contributed by atoms with Crippen molar-refractivity contribution in [3.63, 3.8) is 0 Å². The van der Waals surface area contributed by atoms with Crippen LogP contribution in [0.25, 0.3) is 0 Å². The third kappa shape index (κ3) is 12.4. The summed E-state index contributed by atoms with van der Waals surface area (Å²) in [5, 5.41) is 28.1. The number of amides is 2. The van der Waals surface area contributed by atoms with Crippen LogP contribution >= 0.6 is 0 Å². The Bertz CT molecular complexity index is 2170. The van der Waals surface area contributed by atoms with E-state index in [2.05, 4.69) is 20.5 Å². The number of anilines is 3. The largest absolute Gasteiger partial charge is 1.00 e. The number of carboxylic acids is 2. The average molecular weight is 858 g/mol. The molecule has 0 unspecified atom stereocenters. The smallest absolute Gasteiger partial charge is 0.550 e. The van der Waals surface area contributed by atoms with Gasteiger partial charge in [0.25, 0.3) is 11.8 Å². The SMILES string of the molecule is CCN([C@H]1CC[C@H](C(=O)[O-])CC1)S(=O)(=O)c1cccc(C(=O)Nc2ccc(N3CCCCC3)cc2C(=O)Nc2ccc(CCc3ccc(C(=O)[O-])cc3)cn2)c1.[K+].[K+]. The van der Waals surface area contributed by atoms with Gasteiger partial charge >= 0.3 is 103 Å². The van der Waals surface area contributed by atoms with Crippen molar-refractivity contribution in [3.05, 3.63) is 113 Å². The first-order valence-corrected chi connectivity index (χ1v) is 20.5. The third-order valence-electron chi connectivity index (χ3n) is 10.6. The predicted molar refractivity (Wildman–Crippen MR) is 208 cm³/mol. The molecule has 2 heterocycles. The maximum Gasteiger partial charge on any atom is 1.00 e. The zero-order valence-corrected chi connectivity index (χ0v) is 40.3.